The smallest absolute Gasteiger partial charge is 0.225 e. The van der Waals surface area contributed by atoms with Gasteiger partial charge >= 0.3 is 0 Å². The molecule has 0 radical (unpaired) electrons. The van der Waals surface area contributed by atoms with E-state index in [0.717, 1.165) is 84.8 Å². The van der Waals surface area contributed by atoms with E-state index >= 15 is 0 Å². The van der Waals surface area contributed by atoms with Crippen molar-refractivity contribution in [2.24, 2.45) is 5.92 Å². The summed E-state index contributed by atoms with van der Waals surface area (Å²) < 4.78 is 6.43. The van der Waals surface area contributed by atoms with Gasteiger partial charge in [0.25, 0.3) is 0 Å². The lowest BCUT2D eigenvalue weighted by Gasteiger charge is -2.19. The molecule has 8 nitrogen and oxygen atoms in total. The average Bonchev–Trinajstić information content (AvgIpc) is 3.42. The van der Waals surface area contributed by atoms with E-state index in [1.54, 1.807) is 6.20 Å². The number of aromatic amines is 1. The molecule has 1 saturated heterocycles. The molecule has 0 spiro atoms. The maximum absolute atomic E-state index is 12.6. The van der Waals surface area contributed by atoms with Crippen LogP contribution >= 0.6 is 0 Å². The third-order valence-electron chi connectivity index (χ3n) is 7.69. The Kier molecular flexibility index (Phi) is 5.54. The average molecular weight is 495 g/mol. The third kappa shape index (κ3) is 4.42. The van der Waals surface area contributed by atoms with Crippen LogP contribution in [0.2, 0.25) is 0 Å². The zero-order chi connectivity index (χ0) is 24.8. The minimum atomic E-state index is 0.0233. The number of hydrogen-bond donors (Lipinski definition) is 3. The number of aromatic nitrogens is 3. The van der Waals surface area contributed by atoms with Crippen molar-refractivity contribution in [1.82, 2.24) is 25.6 Å². The number of hydrogen-bond acceptors (Lipinski definition) is 6. The molecule has 188 valence electrons. The van der Waals surface area contributed by atoms with E-state index in [2.05, 4.69) is 54.8 Å². The Morgan fingerprint density at radius 2 is 1.97 bits per heavy atom. The number of anilines is 1. The van der Waals surface area contributed by atoms with E-state index in [4.69, 9.17) is 4.74 Å². The topological polar surface area (TPSA) is 95.2 Å². The third-order valence-corrected chi connectivity index (χ3v) is 7.69. The lowest BCUT2D eigenvalue weighted by atomic mass is 10.0. The highest BCUT2D eigenvalue weighted by atomic mass is 16.5. The van der Waals surface area contributed by atoms with E-state index in [0.29, 0.717) is 12.6 Å². The molecule has 1 aliphatic carbocycles. The molecule has 8 heteroatoms. The number of rotatable bonds is 6. The Balaban J connectivity index is 1.16. The maximum Gasteiger partial charge on any atom is 0.225 e. The van der Waals surface area contributed by atoms with Crippen LogP contribution in [-0.4, -0.2) is 46.5 Å². The standard InChI is InChI=1S/C29H30N6O2/c36-29(34-22-2-3-22)20-8-12-35(17-20)26-14-19(6-10-31-26)24-16-33-28-27(24)25(7-11-32-28)37-23-4-1-18-5-9-30-15-21(18)13-23/h1,4,6-7,10-11,13-14,16,20,22,30H,2-3,5,8-9,12,15,17H2,(H,32,33)(H,34,36). The van der Waals surface area contributed by atoms with Gasteiger partial charge in [0.15, 0.2) is 0 Å². The first-order valence-electron chi connectivity index (χ1n) is 13.2. The fourth-order valence-corrected chi connectivity index (χ4v) is 5.47. The zero-order valence-corrected chi connectivity index (χ0v) is 20.7. The van der Waals surface area contributed by atoms with Crippen molar-refractivity contribution in [3.63, 3.8) is 0 Å². The SMILES string of the molecule is O=C(NC1CC1)C1CCN(c2cc(-c3c[nH]c4nccc(Oc5ccc6c(c5)CNCC6)c34)ccn2)C1. The Morgan fingerprint density at radius 3 is 2.89 bits per heavy atom. The minimum absolute atomic E-state index is 0.0233. The Morgan fingerprint density at radius 1 is 1.05 bits per heavy atom. The first kappa shape index (κ1) is 22.3. The molecule has 7 rings (SSSR count). The van der Waals surface area contributed by atoms with Crippen molar-refractivity contribution >= 4 is 22.8 Å². The quantitative estimate of drug-likeness (QED) is 0.373. The van der Waals surface area contributed by atoms with Gasteiger partial charge in [-0.1, -0.05) is 6.07 Å². The number of pyridine rings is 2. The summed E-state index contributed by atoms with van der Waals surface area (Å²) in [7, 11) is 0. The molecule has 1 amide bonds. The van der Waals surface area contributed by atoms with Gasteiger partial charge in [-0.15, -0.1) is 0 Å². The number of amides is 1. The molecule has 3 aliphatic rings. The van der Waals surface area contributed by atoms with E-state index < -0.39 is 0 Å². The summed E-state index contributed by atoms with van der Waals surface area (Å²) in [6, 6.07) is 12.8. The minimum Gasteiger partial charge on any atom is -0.457 e. The van der Waals surface area contributed by atoms with E-state index in [-0.39, 0.29) is 11.8 Å². The van der Waals surface area contributed by atoms with Gasteiger partial charge < -0.3 is 25.3 Å². The van der Waals surface area contributed by atoms with E-state index in [1.165, 1.54) is 11.1 Å². The fraction of sp³-hybridized carbons (Fsp3) is 0.345. The van der Waals surface area contributed by atoms with E-state index in [9.17, 15) is 4.79 Å². The fourth-order valence-electron chi connectivity index (χ4n) is 5.47. The van der Waals surface area contributed by atoms with Gasteiger partial charge in [0.05, 0.1) is 11.3 Å². The predicted octanol–water partition coefficient (Wildman–Crippen LogP) is 4.17. The van der Waals surface area contributed by atoms with Crippen LogP contribution < -0.4 is 20.3 Å². The van der Waals surface area contributed by atoms with Crippen LogP contribution in [0.3, 0.4) is 0 Å². The van der Waals surface area contributed by atoms with Crippen molar-refractivity contribution in [3.05, 3.63) is 66.1 Å². The van der Waals surface area contributed by atoms with Gasteiger partial charge in [-0.2, -0.15) is 0 Å². The first-order valence-corrected chi connectivity index (χ1v) is 13.2. The number of ether oxygens (including phenoxy) is 1. The van der Waals surface area contributed by atoms with Gasteiger partial charge in [-0.05, 0) is 79.3 Å². The van der Waals surface area contributed by atoms with Crippen molar-refractivity contribution in [2.45, 2.75) is 38.3 Å². The molecule has 2 aliphatic heterocycles. The molecule has 2 fully saturated rings. The summed E-state index contributed by atoms with van der Waals surface area (Å²) in [6.07, 6.45) is 9.72. The van der Waals surface area contributed by atoms with Gasteiger partial charge in [-0.25, -0.2) is 9.97 Å². The number of carbonyl (C=O) groups excluding carboxylic acids is 1. The highest BCUT2D eigenvalue weighted by Crippen LogP contribution is 2.38. The lowest BCUT2D eigenvalue weighted by Crippen LogP contribution is -2.34. The van der Waals surface area contributed by atoms with Gasteiger partial charge in [0.2, 0.25) is 5.91 Å². The van der Waals surface area contributed by atoms with Gasteiger partial charge in [0.1, 0.15) is 23.0 Å². The van der Waals surface area contributed by atoms with Crippen LogP contribution in [0.25, 0.3) is 22.2 Å². The molecule has 1 unspecified atom stereocenters. The van der Waals surface area contributed by atoms with E-state index in [1.807, 2.05) is 24.5 Å². The summed E-state index contributed by atoms with van der Waals surface area (Å²) in [6.45, 7) is 3.42. The largest absolute Gasteiger partial charge is 0.457 e. The lowest BCUT2D eigenvalue weighted by molar-refractivity contribution is -0.124. The highest BCUT2D eigenvalue weighted by molar-refractivity contribution is 5.98. The molecule has 4 aromatic rings. The van der Waals surface area contributed by atoms with Crippen molar-refractivity contribution in [1.29, 1.82) is 0 Å². The van der Waals surface area contributed by atoms with Crippen LogP contribution in [-0.2, 0) is 17.8 Å². The number of carbonyl (C=O) groups is 1. The second kappa shape index (κ2) is 9.19. The maximum atomic E-state index is 12.6. The Hall–Kier alpha value is -3.91. The van der Waals surface area contributed by atoms with Crippen molar-refractivity contribution in [3.8, 4) is 22.6 Å². The molecular formula is C29H30N6O2. The number of nitrogens with one attached hydrogen (secondary N) is 3. The summed E-state index contributed by atoms with van der Waals surface area (Å²) in [5.41, 5.74) is 5.50. The normalized spacial score (nSPS) is 19.1. The molecule has 1 atom stereocenters. The van der Waals surface area contributed by atoms with Crippen LogP contribution in [0, 0.1) is 5.92 Å². The molecule has 3 aromatic heterocycles. The molecule has 1 saturated carbocycles. The Bertz CT molecular complexity index is 1480. The molecule has 3 N–H and O–H groups in total. The van der Waals surface area contributed by atoms with Crippen molar-refractivity contribution < 1.29 is 9.53 Å². The second-order valence-electron chi connectivity index (χ2n) is 10.3. The van der Waals surface area contributed by atoms with Gasteiger partial charge in [-0.3, -0.25) is 4.79 Å². The van der Waals surface area contributed by atoms with Crippen LogP contribution in [0.1, 0.15) is 30.4 Å². The number of nitrogens with zero attached hydrogens (tertiary/aromatic N) is 3. The van der Waals surface area contributed by atoms with Crippen LogP contribution in [0.4, 0.5) is 5.82 Å². The molecule has 5 heterocycles. The van der Waals surface area contributed by atoms with Crippen LogP contribution in [0.15, 0.2) is 55.0 Å². The molecular weight excluding hydrogens is 464 g/mol. The second-order valence-corrected chi connectivity index (χ2v) is 10.3. The summed E-state index contributed by atoms with van der Waals surface area (Å²) in [5.74, 6) is 2.69. The summed E-state index contributed by atoms with van der Waals surface area (Å²) >= 11 is 0. The predicted molar refractivity (Wildman–Crippen MR) is 143 cm³/mol. The molecule has 0 bridgehead atoms. The molecule has 1 aromatic carbocycles. The van der Waals surface area contributed by atoms with Crippen molar-refractivity contribution in [2.75, 3.05) is 24.5 Å². The highest BCUT2D eigenvalue weighted by Gasteiger charge is 2.32. The number of fused-ring (bicyclic) bond motifs is 2. The van der Waals surface area contributed by atoms with Crippen LogP contribution in [0.5, 0.6) is 11.5 Å². The monoisotopic (exact) mass is 494 g/mol. The molecule has 37 heavy (non-hydrogen) atoms. The zero-order valence-electron chi connectivity index (χ0n) is 20.7. The number of H-pyrrole nitrogens is 1. The Labute approximate surface area is 215 Å². The summed E-state index contributed by atoms with van der Waals surface area (Å²) in [5, 5.41) is 7.53. The summed E-state index contributed by atoms with van der Waals surface area (Å²) in [4.78, 5) is 27.3. The number of benzene rings is 1. The van der Waals surface area contributed by atoms with Gasteiger partial charge in [0, 0.05) is 49.8 Å². The first-order chi connectivity index (χ1) is 18.2.